The Morgan fingerprint density at radius 1 is 1.37 bits per heavy atom. The van der Waals surface area contributed by atoms with Gasteiger partial charge in [-0.3, -0.25) is 10.00 Å². The molecule has 108 valence electrons. The normalized spacial score (nSPS) is 18.9. The lowest BCUT2D eigenvalue weighted by Gasteiger charge is -2.32. The maximum absolute atomic E-state index is 12.2. The summed E-state index contributed by atoms with van der Waals surface area (Å²) in [6.07, 6.45) is -0.362. The van der Waals surface area contributed by atoms with Gasteiger partial charge in [-0.2, -0.15) is 18.3 Å². The van der Waals surface area contributed by atoms with E-state index in [0.29, 0.717) is 19.1 Å². The monoisotopic (exact) mass is 277 g/mol. The second-order valence-electron chi connectivity index (χ2n) is 4.80. The molecule has 0 atom stereocenters. The number of piperidine rings is 1. The van der Waals surface area contributed by atoms with Gasteiger partial charge in [-0.15, -0.1) is 0 Å². The molecule has 2 heterocycles. The van der Waals surface area contributed by atoms with Crippen LogP contribution in [0.2, 0.25) is 0 Å². The van der Waals surface area contributed by atoms with E-state index in [2.05, 4.69) is 20.5 Å². The van der Waals surface area contributed by atoms with Gasteiger partial charge in [0.2, 0.25) is 0 Å². The van der Waals surface area contributed by atoms with Crippen LogP contribution in [-0.2, 0) is 6.42 Å². The number of alkyl halides is 3. The van der Waals surface area contributed by atoms with Crippen molar-refractivity contribution in [3.63, 3.8) is 0 Å². The van der Waals surface area contributed by atoms with E-state index in [1.54, 1.807) is 0 Å². The molecule has 1 fully saturated rings. The Kier molecular flexibility index (Phi) is 4.76. The van der Waals surface area contributed by atoms with Crippen LogP contribution in [0.25, 0.3) is 0 Å². The number of rotatable bonds is 5. The molecule has 0 amide bonds. The topological polar surface area (TPSA) is 56.8 Å². The summed E-state index contributed by atoms with van der Waals surface area (Å²) in [4.78, 5) is 5.48. The Balaban J connectivity index is 1.61. The van der Waals surface area contributed by atoms with E-state index in [1.165, 1.54) is 11.2 Å². The molecular formula is C11H18F3N5. The minimum Gasteiger partial charge on any atom is -0.313 e. The first-order chi connectivity index (χ1) is 9.03. The maximum atomic E-state index is 12.2. The van der Waals surface area contributed by atoms with Crippen LogP contribution in [0, 0.1) is 0 Å². The van der Waals surface area contributed by atoms with Gasteiger partial charge in [0.05, 0.1) is 6.54 Å². The smallest absolute Gasteiger partial charge is 0.313 e. The quantitative estimate of drug-likeness (QED) is 0.842. The molecule has 1 saturated heterocycles. The largest absolute Gasteiger partial charge is 0.401 e. The third-order valence-corrected chi connectivity index (χ3v) is 3.25. The molecule has 0 unspecified atom stereocenters. The maximum Gasteiger partial charge on any atom is 0.401 e. The van der Waals surface area contributed by atoms with Gasteiger partial charge in [-0.1, -0.05) is 0 Å². The molecule has 2 rings (SSSR count). The van der Waals surface area contributed by atoms with Crippen molar-refractivity contribution in [2.24, 2.45) is 0 Å². The molecule has 0 aliphatic carbocycles. The van der Waals surface area contributed by atoms with Crippen LogP contribution in [-0.4, -0.2) is 58.5 Å². The van der Waals surface area contributed by atoms with Crippen molar-refractivity contribution < 1.29 is 13.2 Å². The second-order valence-corrected chi connectivity index (χ2v) is 4.80. The lowest BCUT2D eigenvalue weighted by molar-refractivity contribution is -0.148. The Hall–Kier alpha value is -1.15. The number of H-pyrrole nitrogens is 1. The van der Waals surface area contributed by atoms with Gasteiger partial charge in [0.15, 0.2) is 0 Å². The number of hydrogen-bond acceptors (Lipinski definition) is 4. The summed E-state index contributed by atoms with van der Waals surface area (Å²) in [5.41, 5.74) is 0. The number of nitrogens with one attached hydrogen (secondary N) is 2. The standard InChI is InChI=1S/C11H18F3N5/c12-11(13,14)7-19-5-2-9(3-6-19)15-4-1-10-16-8-17-18-10/h8-9,15H,1-7H2,(H,16,17,18). The first-order valence-electron chi connectivity index (χ1n) is 6.40. The molecule has 1 aliphatic rings. The number of aromatic nitrogens is 3. The molecule has 19 heavy (non-hydrogen) atoms. The zero-order valence-electron chi connectivity index (χ0n) is 10.6. The van der Waals surface area contributed by atoms with Crippen LogP contribution < -0.4 is 5.32 Å². The number of nitrogens with zero attached hydrogens (tertiary/aromatic N) is 3. The minimum atomic E-state index is -4.09. The lowest BCUT2D eigenvalue weighted by Crippen LogP contribution is -2.45. The first kappa shape index (κ1) is 14.3. The predicted octanol–water partition coefficient (Wildman–Crippen LogP) is 0.963. The van der Waals surface area contributed by atoms with Crippen molar-refractivity contribution in [3.8, 4) is 0 Å². The number of hydrogen-bond donors (Lipinski definition) is 2. The summed E-state index contributed by atoms with van der Waals surface area (Å²) in [6, 6.07) is 0.299. The lowest BCUT2D eigenvalue weighted by atomic mass is 10.0. The van der Waals surface area contributed by atoms with E-state index in [1.807, 2.05) is 0 Å². The summed E-state index contributed by atoms with van der Waals surface area (Å²) in [6.45, 7) is 0.968. The van der Waals surface area contributed by atoms with E-state index in [-0.39, 0.29) is 0 Å². The van der Waals surface area contributed by atoms with Crippen molar-refractivity contribution in [1.29, 1.82) is 0 Å². The molecule has 0 aromatic carbocycles. The third-order valence-electron chi connectivity index (χ3n) is 3.25. The summed E-state index contributed by atoms with van der Waals surface area (Å²) < 4.78 is 36.7. The molecule has 0 saturated carbocycles. The van der Waals surface area contributed by atoms with Crippen LogP contribution in [0.1, 0.15) is 18.7 Å². The molecule has 0 spiro atoms. The van der Waals surface area contributed by atoms with Crippen molar-refractivity contribution in [2.75, 3.05) is 26.2 Å². The number of halogens is 3. The average Bonchev–Trinajstić information content (AvgIpc) is 2.82. The van der Waals surface area contributed by atoms with Crippen molar-refractivity contribution in [3.05, 3.63) is 12.2 Å². The predicted molar refractivity (Wildman–Crippen MR) is 63.6 cm³/mol. The highest BCUT2D eigenvalue weighted by Gasteiger charge is 2.32. The fraction of sp³-hybridized carbons (Fsp3) is 0.818. The zero-order chi connectivity index (χ0) is 13.7. The van der Waals surface area contributed by atoms with Crippen LogP contribution in [0.3, 0.4) is 0 Å². The molecule has 1 aromatic heterocycles. The van der Waals surface area contributed by atoms with Crippen molar-refractivity contribution >= 4 is 0 Å². The van der Waals surface area contributed by atoms with E-state index in [0.717, 1.165) is 31.6 Å². The van der Waals surface area contributed by atoms with E-state index in [9.17, 15) is 13.2 Å². The number of likely N-dealkylation sites (tertiary alicyclic amines) is 1. The van der Waals surface area contributed by atoms with Crippen molar-refractivity contribution in [1.82, 2.24) is 25.4 Å². The van der Waals surface area contributed by atoms with Gasteiger partial charge < -0.3 is 5.32 Å². The Bertz CT molecular complexity index is 357. The summed E-state index contributed by atoms with van der Waals surface area (Å²) in [5.74, 6) is 0.821. The highest BCUT2D eigenvalue weighted by molar-refractivity contribution is 4.83. The molecule has 5 nitrogen and oxygen atoms in total. The third kappa shape index (κ3) is 5.15. The molecule has 1 aromatic rings. The van der Waals surface area contributed by atoms with E-state index >= 15 is 0 Å². The van der Waals surface area contributed by atoms with Crippen LogP contribution in [0.5, 0.6) is 0 Å². The SMILES string of the molecule is FC(F)(F)CN1CCC(NCCc2ncn[nH]2)CC1. The van der Waals surface area contributed by atoms with Gasteiger partial charge in [-0.05, 0) is 25.9 Å². The van der Waals surface area contributed by atoms with Gasteiger partial charge >= 0.3 is 6.18 Å². The van der Waals surface area contributed by atoms with Gasteiger partial charge in [0, 0.05) is 19.0 Å². The molecule has 8 heteroatoms. The summed E-state index contributed by atoms with van der Waals surface area (Å²) >= 11 is 0. The van der Waals surface area contributed by atoms with Gasteiger partial charge in [0.25, 0.3) is 0 Å². The highest BCUT2D eigenvalue weighted by Crippen LogP contribution is 2.19. The fourth-order valence-corrected chi connectivity index (χ4v) is 2.29. The average molecular weight is 277 g/mol. The second kappa shape index (κ2) is 6.33. The Labute approximate surface area is 109 Å². The van der Waals surface area contributed by atoms with Gasteiger partial charge in [0.1, 0.15) is 12.2 Å². The molecule has 0 bridgehead atoms. The molecule has 0 radical (unpaired) electrons. The van der Waals surface area contributed by atoms with Crippen LogP contribution >= 0.6 is 0 Å². The Morgan fingerprint density at radius 2 is 2.11 bits per heavy atom. The van der Waals surface area contributed by atoms with Crippen molar-refractivity contribution in [2.45, 2.75) is 31.5 Å². The molecular weight excluding hydrogens is 259 g/mol. The zero-order valence-corrected chi connectivity index (χ0v) is 10.6. The Morgan fingerprint density at radius 3 is 2.68 bits per heavy atom. The van der Waals surface area contributed by atoms with Crippen LogP contribution in [0.15, 0.2) is 6.33 Å². The van der Waals surface area contributed by atoms with Crippen LogP contribution in [0.4, 0.5) is 13.2 Å². The highest BCUT2D eigenvalue weighted by atomic mass is 19.4. The van der Waals surface area contributed by atoms with E-state index in [4.69, 9.17) is 0 Å². The molecule has 2 N–H and O–H groups in total. The first-order valence-corrected chi connectivity index (χ1v) is 6.40. The summed E-state index contributed by atoms with van der Waals surface area (Å²) in [5, 5.41) is 9.88. The summed E-state index contributed by atoms with van der Waals surface area (Å²) in [7, 11) is 0. The van der Waals surface area contributed by atoms with Gasteiger partial charge in [-0.25, -0.2) is 4.98 Å². The van der Waals surface area contributed by atoms with E-state index < -0.39 is 12.7 Å². The fourth-order valence-electron chi connectivity index (χ4n) is 2.29. The molecule has 1 aliphatic heterocycles. The minimum absolute atomic E-state index is 0.299. The number of aromatic amines is 1.